The van der Waals surface area contributed by atoms with Crippen LogP contribution >= 0.6 is 27.3 Å². The minimum atomic E-state index is -3.59. The van der Waals surface area contributed by atoms with Gasteiger partial charge in [0, 0.05) is 18.8 Å². The maximum atomic E-state index is 12.7. The highest BCUT2D eigenvalue weighted by molar-refractivity contribution is 9.11. The molecule has 0 atom stereocenters. The summed E-state index contributed by atoms with van der Waals surface area (Å²) in [5.41, 5.74) is 0.331. The number of carbonyl (C=O) groups excluding carboxylic acids is 2. The summed E-state index contributed by atoms with van der Waals surface area (Å²) < 4.78 is 32.7. The van der Waals surface area contributed by atoms with Crippen LogP contribution in [-0.2, 0) is 19.6 Å². The molecule has 1 N–H and O–H groups in total. The van der Waals surface area contributed by atoms with Crippen LogP contribution in [0.1, 0.15) is 28.9 Å². The lowest BCUT2D eigenvalue weighted by Gasteiger charge is -2.26. The van der Waals surface area contributed by atoms with E-state index in [1.807, 2.05) is 0 Å². The number of amides is 1. The van der Waals surface area contributed by atoms with Crippen LogP contribution < -0.4 is 5.32 Å². The van der Waals surface area contributed by atoms with Crippen LogP contribution in [0.25, 0.3) is 0 Å². The van der Waals surface area contributed by atoms with Gasteiger partial charge >= 0.3 is 5.97 Å². The summed E-state index contributed by atoms with van der Waals surface area (Å²) in [6, 6.07) is 9.40. The van der Waals surface area contributed by atoms with Crippen LogP contribution in [0.15, 0.2) is 45.1 Å². The highest BCUT2D eigenvalue weighted by Crippen LogP contribution is 2.24. The van der Waals surface area contributed by atoms with E-state index in [0.29, 0.717) is 23.7 Å². The number of benzene rings is 1. The zero-order chi connectivity index (χ0) is 20.1. The Balaban J connectivity index is 1.60. The number of piperidine rings is 1. The second-order valence-electron chi connectivity index (χ2n) is 6.22. The monoisotopic (exact) mass is 486 g/mol. The maximum absolute atomic E-state index is 12.7. The molecule has 0 unspecified atom stereocenters. The van der Waals surface area contributed by atoms with Crippen molar-refractivity contribution < 1.29 is 22.7 Å². The molecule has 3 rings (SSSR count). The summed E-state index contributed by atoms with van der Waals surface area (Å²) in [5.74, 6) is -1.14. The van der Waals surface area contributed by atoms with Gasteiger partial charge in [-0.25, -0.2) is 13.2 Å². The summed E-state index contributed by atoms with van der Waals surface area (Å²) in [6.07, 6.45) is 2.73. The summed E-state index contributed by atoms with van der Waals surface area (Å²) in [7, 11) is -3.59. The fourth-order valence-electron chi connectivity index (χ4n) is 2.81. The van der Waals surface area contributed by atoms with Gasteiger partial charge in [-0.1, -0.05) is 12.5 Å². The van der Waals surface area contributed by atoms with Crippen molar-refractivity contribution in [3.8, 4) is 0 Å². The Labute approximate surface area is 175 Å². The first-order valence-electron chi connectivity index (χ1n) is 8.69. The van der Waals surface area contributed by atoms with E-state index in [4.69, 9.17) is 4.74 Å². The second-order valence-corrected chi connectivity index (χ2v) is 10.6. The van der Waals surface area contributed by atoms with Crippen molar-refractivity contribution in [1.29, 1.82) is 0 Å². The third-order valence-corrected chi connectivity index (χ3v) is 7.68. The van der Waals surface area contributed by atoms with Crippen molar-refractivity contribution in [2.45, 2.75) is 24.2 Å². The number of rotatable bonds is 6. The minimum absolute atomic E-state index is 0.132. The zero-order valence-electron chi connectivity index (χ0n) is 14.9. The number of hydrogen-bond acceptors (Lipinski definition) is 6. The lowest BCUT2D eigenvalue weighted by atomic mass is 10.2. The molecule has 10 heteroatoms. The zero-order valence-corrected chi connectivity index (χ0v) is 18.1. The number of esters is 1. The molecule has 1 amide bonds. The molecule has 1 aliphatic rings. The second kappa shape index (κ2) is 9.17. The van der Waals surface area contributed by atoms with Crippen molar-refractivity contribution in [1.82, 2.24) is 4.31 Å². The Bertz CT molecular complexity index is 968. The smallest absolute Gasteiger partial charge is 0.348 e. The predicted octanol–water partition coefficient (Wildman–Crippen LogP) is 3.48. The number of anilines is 1. The summed E-state index contributed by atoms with van der Waals surface area (Å²) in [6.45, 7) is 0.554. The Morgan fingerprint density at radius 3 is 2.57 bits per heavy atom. The maximum Gasteiger partial charge on any atom is 0.348 e. The van der Waals surface area contributed by atoms with Gasteiger partial charge in [0.05, 0.1) is 8.68 Å². The number of nitrogens with zero attached hydrogens (tertiary/aromatic N) is 1. The molecule has 150 valence electrons. The first-order valence-corrected chi connectivity index (χ1v) is 11.7. The molecular formula is C18H19BrN2O5S2. The number of sulfonamides is 1. The van der Waals surface area contributed by atoms with Crippen molar-refractivity contribution in [2.24, 2.45) is 0 Å². The minimum Gasteiger partial charge on any atom is -0.451 e. The number of thiophene rings is 1. The van der Waals surface area contributed by atoms with Gasteiger partial charge in [-0.15, -0.1) is 11.3 Å². The van der Waals surface area contributed by atoms with E-state index in [9.17, 15) is 18.0 Å². The van der Waals surface area contributed by atoms with Crippen molar-refractivity contribution in [3.63, 3.8) is 0 Å². The highest BCUT2D eigenvalue weighted by Gasteiger charge is 2.26. The third kappa shape index (κ3) is 5.19. The van der Waals surface area contributed by atoms with Gasteiger partial charge in [0.2, 0.25) is 10.0 Å². The number of halogens is 1. The third-order valence-electron chi connectivity index (χ3n) is 4.18. The Morgan fingerprint density at radius 1 is 1.14 bits per heavy atom. The van der Waals surface area contributed by atoms with Crippen molar-refractivity contribution in [3.05, 3.63) is 45.1 Å². The van der Waals surface area contributed by atoms with Gasteiger partial charge in [-0.05, 0) is 59.1 Å². The number of hydrogen-bond donors (Lipinski definition) is 1. The van der Waals surface area contributed by atoms with Crippen LogP contribution in [0.4, 0.5) is 5.69 Å². The van der Waals surface area contributed by atoms with E-state index < -0.39 is 28.5 Å². The molecule has 1 fully saturated rings. The van der Waals surface area contributed by atoms with E-state index >= 15 is 0 Å². The predicted molar refractivity (Wildman–Crippen MR) is 110 cm³/mol. The quantitative estimate of drug-likeness (QED) is 0.630. The average molecular weight is 487 g/mol. The number of ether oxygens (including phenoxy) is 1. The SMILES string of the molecule is O=C(COC(=O)c1ccc(Br)s1)Nc1cccc(S(=O)(=O)N2CCCCC2)c1. The lowest BCUT2D eigenvalue weighted by Crippen LogP contribution is -2.35. The molecule has 0 radical (unpaired) electrons. The van der Waals surface area contributed by atoms with Crippen LogP contribution in [0, 0.1) is 0 Å². The summed E-state index contributed by atoms with van der Waals surface area (Å²) >= 11 is 4.46. The molecule has 1 aromatic heterocycles. The topological polar surface area (TPSA) is 92.8 Å². The van der Waals surface area contributed by atoms with E-state index in [2.05, 4.69) is 21.2 Å². The average Bonchev–Trinajstić information content (AvgIpc) is 3.13. The Hall–Kier alpha value is -1.75. The summed E-state index contributed by atoms with van der Waals surface area (Å²) in [4.78, 5) is 24.5. The first-order chi connectivity index (χ1) is 13.4. The number of carbonyl (C=O) groups is 2. The number of nitrogens with one attached hydrogen (secondary N) is 1. The molecule has 1 aromatic carbocycles. The van der Waals surface area contributed by atoms with Gasteiger partial charge in [0.25, 0.3) is 5.91 Å². The standard InChI is InChI=1S/C18H19BrN2O5S2/c19-16-8-7-15(27-16)18(23)26-12-17(22)20-13-5-4-6-14(11-13)28(24,25)21-9-2-1-3-10-21/h4-8,11H,1-3,9-10,12H2,(H,20,22). The normalized spacial score (nSPS) is 15.2. The highest BCUT2D eigenvalue weighted by atomic mass is 79.9. The van der Waals surface area contributed by atoms with Crippen molar-refractivity contribution >= 4 is 54.9 Å². The molecule has 2 heterocycles. The van der Waals surface area contributed by atoms with Crippen molar-refractivity contribution in [2.75, 3.05) is 25.0 Å². The molecule has 2 aromatic rings. The fraction of sp³-hybridized carbons (Fsp3) is 0.333. The van der Waals surface area contributed by atoms with Gasteiger partial charge in [0.15, 0.2) is 6.61 Å². The summed E-state index contributed by atoms with van der Waals surface area (Å²) in [5, 5.41) is 2.56. The molecule has 0 bridgehead atoms. The molecular weight excluding hydrogens is 468 g/mol. The van der Waals surface area contributed by atoms with Gasteiger partial charge < -0.3 is 10.1 Å². The molecule has 0 spiro atoms. The van der Waals surface area contributed by atoms with Crippen LogP contribution in [0.5, 0.6) is 0 Å². The van der Waals surface area contributed by atoms with Gasteiger partial charge in [-0.3, -0.25) is 4.79 Å². The van der Waals surface area contributed by atoms with Crippen LogP contribution in [-0.4, -0.2) is 44.3 Å². The van der Waals surface area contributed by atoms with Gasteiger partial charge in [0.1, 0.15) is 4.88 Å². The fourth-order valence-corrected chi connectivity index (χ4v) is 5.66. The van der Waals surface area contributed by atoms with Crippen LogP contribution in [0.3, 0.4) is 0 Å². The van der Waals surface area contributed by atoms with E-state index in [1.165, 1.54) is 27.8 Å². The molecule has 1 aliphatic heterocycles. The lowest BCUT2D eigenvalue weighted by molar-refractivity contribution is -0.119. The largest absolute Gasteiger partial charge is 0.451 e. The first kappa shape index (κ1) is 21.0. The van der Waals surface area contributed by atoms with Crippen LogP contribution in [0.2, 0.25) is 0 Å². The molecule has 1 saturated heterocycles. The molecule has 0 aliphatic carbocycles. The Kier molecular flexibility index (Phi) is 6.86. The Morgan fingerprint density at radius 2 is 1.89 bits per heavy atom. The molecule has 7 nitrogen and oxygen atoms in total. The van der Waals surface area contributed by atoms with E-state index in [-0.39, 0.29) is 4.90 Å². The van der Waals surface area contributed by atoms with E-state index in [1.54, 1.807) is 24.3 Å². The molecule has 0 saturated carbocycles. The molecule has 28 heavy (non-hydrogen) atoms. The van der Waals surface area contributed by atoms with Gasteiger partial charge in [-0.2, -0.15) is 4.31 Å². The van der Waals surface area contributed by atoms with E-state index in [0.717, 1.165) is 23.0 Å².